The number of ether oxygens (including phenoxy) is 1. The van der Waals surface area contributed by atoms with Crippen LogP contribution in [0.2, 0.25) is 0 Å². The molecule has 0 radical (unpaired) electrons. The second kappa shape index (κ2) is 5.66. The second-order valence-electron chi connectivity index (χ2n) is 5.45. The first-order chi connectivity index (χ1) is 9.49. The number of methoxy groups -OCH3 is 1. The molecule has 0 N–H and O–H groups in total. The van der Waals surface area contributed by atoms with Gasteiger partial charge in [0.1, 0.15) is 6.04 Å². The lowest BCUT2D eigenvalue weighted by atomic mass is 9.94. The summed E-state index contributed by atoms with van der Waals surface area (Å²) in [6.07, 6.45) is 0.732. The molecule has 0 amide bonds. The molecule has 3 nitrogen and oxygen atoms in total. The van der Waals surface area contributed by atoms with Crippen LogP contribution < -0.4 is 9.64 Å². The van der Waals surface area contributed by atoms with Gasteiger partial charge in [-0.3, -0.25) is 0 Å². The molecule has 5 heteroatoms. The average Bonchev–Trinajstić information content (AvgIpc) is 2.85. The van der Waals surface area contributed by atoms with Gasteiger partial charge >= 0.3 is 0 Å². The maximum absolute atomic E-state index is 13.8. The van der Waals surface area contributed by atoms with E-state index < -0.39 is 11.6 Å². The number of rotatable bonds is 3. The van der Waals surface area contributed by atoms with Gasteiger partial charge < -0.3 is 9.64 Å². The van der Waals surface area contributed by atoms with Crippen LogP contribution in [-0.4, -0.2) is 19.7 Å². The molecule has 1 aromatic rings. The van der Waals surface area contributed by atoms with Crippen molar-refractivity contribution in [3.05, 3.63) is 23.8 Å². The molecule has 1 saturated heterocycles. The molecular formula is C15H18F2N2O. The molecule has 0 saturated carbocycles. The highest BCUT2D eigenvalue weighted by Gasteiger charge is 2.35. The number of halogens is 2. The fourth-order valence-electron chi connectivity index (χ4n) is 2.68. The van der Waals surface area contributed by atoms with Crippen molar-refractivity contribution in [1.82, 2.24) is 0 Å². The minimum absolute atomic E-state index is 0.130. The van der Waals surface area contributed by atoms with Gasteiger partial charge in [-0.2, -0.15) is 9.65 Å². The molecule has 1 aromatic carbocycles. The predicted octanol–water partition coefficient (Wildman–Crippen LogP) is 3.35. The Morgan fingerprint density at radius 3 is 2.65 bits per heavy atom. The van der Waals surface area contributed by atoms with Crippen LogP contribution in [0.15, 0.2) is 12.1 Å². The van der Waals surface area contributed by atoms with Gasteiger partial charge in [0.05, 0.1) is 18.9 Å². The van der Waals surface area contributed by atoms with Crippen molar-refractivity contribution in [3.63, 3.8) is 0 Å². The van der Waals surface area contributed by atoms with Gasteiger partial charge in [0.25, 0.3) is 0 Å². The Balaban J connectivity index is 2.41. The Morgan fingerprint density at radius 1 is 1.40 bits per heavy atom. The summed E-state index contributed by atoms with van der Waals surface area (Å²) in [5, 5.41) is 9.28. The van der Waals surface area contributed by atoms with Crippen molar-refractivity contribution in [2.45, 2.75) is 26.3 Å². The maximum atomic E-state index is 13.8. The summed E-state index contributed by atoms with van der Waals surface area (Å²) in [5.41, 5.74) is 0.445. The van der Waals surface area contributed by atoms with E-state index in [0.29, 0.717) is 24.1 Å². The minimum atomic E-state index is -1.00. The van der Waals surface area contributed by atoms with E-state index in [-0.39, 0.29) is 11.8 Å². The zero-order chi connectivity index (χ0) is 14.9. The summed E-state index contributed by atoms with van der Waals surface area (Å²) in [5.74, 6) is -1.28. The fourth-order valence-corrected chi connectivity index (χ4v) is 2.68. The van der Waals surface area contributed by atoms with Gasteiger partial charge in [-0.15, -0.1) is 0 Å². The van der Waals surface area contributed by atoms with Crippen molar-refractivity contribution < 1.29 is 13.5 Å². The van der Waals surface area contributed by atoms with Crippen molar-refractivity contribution in [1.29, 1.82) is 5.26 Å². The van der Waals surface area contributed by atoms with Crippen molar-refractivity contribution in [3.8, 4) is 11.8 Å². The number of benzene rings is 1. The highest BCUT2D eigenvalue weighted by Crippen LogP contribution is 2.39. The zero-order valence-electron chi connectivity index (χ0n) is 11.9. The summed E-state index contributed by atoms with van der Waals surface area (Å²) in [6, 6.07) is 4.45. The molecule has 108 valence electrons. The number of anilines is 1. The third kappa shape index (κ3) is 2.43. The Morgan fingerprint density at radius 2 is 2.10 bits per heavy atom. The van der Waals surface area contributed by atoms with E-state index in [1.54, 1.807) is 0 Å². The van der Waals surface area contributed by atoms with Crippen molar-refractivity contribution in [2.75, 3.05) is 18.6 Å². The van der Waals surface area contributed by atoms with Gasteiger partial charge in [-0.25, -0.2) is 4.39 Å². The van der Waals surface area contributed by atoms with Gasteiger partial charge in [0.2, 0.25) is 5.82 Å². The van der Waals surface area contributed by atoms with Crippen molar-refractivity contribution >= 4 is 5.69 Å². The van der Waals surface area contributed by atoms with Crippen LogP contribution in [0.4, 0.5) is 14.5 Å². The average molecular weight is 280 g/mol. The van der Waals surface area contributed by atoms with E-state index in [1.165, 1.54) is 13.2 Å². The van der Waals surface area contributed by atoms with E-state index in [0.717, 1.165) is 12.5 Å². The molecule has 1 aliphatic rings. The molecule has 2 unspecified atom stereocenters. The number of hydrogen-bond donors (Lipinski definition) is 0. The largest absolute Gasteiger partial charge is 0.491 e. The standard InChI is InChI=1S/C15H18F2N2O/c1-9(2)10-6-11(7-18)19(8-10)13-5-4-12(16)14(17)15(13)20-3/h4-5,9-11H,6,8H2,1-3H3. The lowest BCUT2D eigenvalue weighted by Crippen LogP contribution is -2.29. The third-order valence-corrected chi connectivity index (χ3v) is 3.97. The lowest BCUT2D eigenvalue weighted by molar-refractivity contribution is 0.371. The van der Waals surface area contributed by atoms with Crippen LogP contribution in [0.5, 0.6) is 5.75 Å². The summed E-state index contributed by atoms with van der Waals surface area (Å²) in [7, 11) is 1.30. The SMILES string of the molecule is COc1c(N2CC(C(C)C)CC2C#N)ccc(F)c1F. The Kier molecular flexibility index (Phi) is 4.12. The zero-order valence-corrected chi connectivity index (χ0v) is 11.9. The molecule has 1 fully saturated rings. The summed E-state index contributed by atoms with van der Waals surface area (Å²) >= 11 is 0. The molecule has 0 spiro atoms. The smallest absolute Gasteiger partial charge is 0.202 e. The second-order valence-corrected chi connectivity index (χ2v) is 5.45. The van der Waals surface area contributed by atoms with Crippen LogP contribution in [0.1, 0.15) is 20.3 Å². The Bertz CT molecular complexity index is 539. The van der Waals surface area contributed by atoms with E-state index in [4.69, 9.17) is 4.74 Å². The highest BCUT2D eigenvalue weighted by molar-refractivity contribution is 5.61. The molecule has 0 aromatic heterocycles. The monoisotopic (exact) mass is 280 g/mol. The molecule has 0 aliphatic carbocycles. The van der Waals surface area contributed by atoms with Gasteiger partial charge in [-0.05, 0) is 30.4 Å². The number of hydrogen-bond acceptors (Lipinski definition) is 3. The topological polar surface area (TPSA) is 36.3 Å². The highest BCUT2D eigenvalue weighted by atomic mass is 19.2. The van der Waals surface area contributed by atoms with Crippen LogP contribution in [-0.2, 0) is 0 Å². The molecule has 0 bridgehead atoms. The minimum Gasteiger partial charge on any atom is -0.491 e. The first-order valence-electron chi connectivity index (χ1n) is 6.67. The molecule has 2 atom stereocenters. The van der Waals surface area contributed by atoms with Crippen LogP contribution >= 0.6 is 0 Å². The summed E-state index contributed by atoms with van der Waals surface area (Å²) in [6.45, 7) is 4.85. The van der Waals surface area contributed by atoms with Gasteiger partial charge in [0.15, 0.2) is 11.6 Å². The maximum Gasteiger partial charge on any atom is 0.202 e. The lowest BCUT2D eigenvalue weighted by Gasteiger charge is -2.24. The molecule has 2 rings (SSSR count). The van der Waals surface area contributed by atoms with Crippen LogP contribution in [0, 0.1) is 34.8 Å². The predicted molar refractivity (Wildman–Crippen MR) is 72.6 cm³/mol. The first-order valence-corrected chi connectivity index (χ1v) is 6.67. The third-order valence-electron chi connectivity index (χ3n) is 3.97. The molecule has 1 aliphatic heterocycles. The van der Waals surface area contributed by atoms with Gasteiger partial charge in [0, 0.05) is 6.54 Å². The van der Waals surface area contributed by atoms with Crippen molar-refractivity contribution in [2.24, 2.45) is 11.8 Å². The summed E-state index contributed by atoms with van der Waals surface area (Å²) in [4.78, 5) is 1.81. The normalized spacial score (nSPS) is 22.1. The van der Waals surface area contributed by atoms with Crippen LogP contribution in [0.3, 0.4) is 0 Å². The molecule has 1 heterocycles. The fraction of sp³-hybridized carbons (Fsp3) is 0.533. The number of nitriles is 1. The quantitative estimate of drug-likeness (QED) is 0.852. The van der Waals surface area contributed by atoms with E-state index in [1.807, 2.05) is 4.90 Å². The van der Waals surface area contributed by atoms with E-state index >= 15 is 0 Å². The van der Waals surface area contributed by atoms with Gasteiger partial charge in [-0.1, -0.05) is 13.8 Å². The first kappa shape index (κ1) is 14.6. The van der Waals surface area contributed by atoms with E-state index in [9.17, 15) is 14.0 Å². The Labute approximate surface area is 117 Å². The van der Waals surface area contributed by atoms with E-state index in [2.05, 4.69) is 19.9 Å². The molecule has 20 heavy (non-hydrogen) atoms. The summed E-state index contributed by atoms with van der Waals surface area (Å²) < 4.78 is 32.1. The van der Waals surface area contributed by atoms with Crippen LogP contribution in [0.25, 0.3) is 0 Å². The number of nitrogens with zero attached hydrogens (tertiary/aromatic N) is 2. The Hall–Kier alpha value is -1.83. The molecular weight excluding hydrogens is 262 g/mol.